The van der Waals surface area contributed by atoms with Crippen LogP contribution in [0.3, 0.4) is 0 Å². The summed E-state index contributed by atoms with van der Waals surface area (Å²) in [4.78, 5) is 11.8. The second kappa shape index (κ2) is 12.9. The van der Waals surface area contributed by atoms with E-state index in [-0.39, 0.29) is 11.6 Å². The van der Waals surface area contributed by atoms with Gasteiger partial charge in [-0.25, -0.2) is 9.98 Å². The molecule has 0 aromatic heterocycles. The summed E-state index contributed by atoms with van der Waals surface area (Å²) in [5, 5.41) is 9.82. The minimum absolute atomic E-state index is 0.177. The number of nitrogens with zero attached hydrogens (tertiary/aromatic N) is 3. The van der Waals surface area contributed by atoms with Crippen LogP contribution in [0.25, 0.3) is 0 Å². The highest BCUT2D eigenvalue weighted by atomic mass is 15.2. The molecule has 0 saturated heterocycles. The van der Waals surface area contributed by atoms with Gasteiger partial charge in [0.05, 0.1) is 6.04 Å². The monoisotopic (exact) mass is 442 g/mol. The standard InChI is InChI=1S/C26H46N6/c1-8-32(17-14-26(4,5)28-7)16-13-23-12-11-22(18-20(23)2)19-21(3)30-25-29-15-9-10-24(27-6)31-25/h10-12,15,18,20-21,23,27-28H,8-9,13-14,16-17,19H2,1-7H3,(H,30,31)/t20-,21?,23-/m1/s1. The van der Waals surface area contributed by atoms with Crippen molar-refractivity contribution in [3.05, 3.63) is 35.7 Å². The van der Waals surface area contributed by atoms with E-state index in [4.69, 9.17) is 4.99 Å². The normalized spacial score (nSPS) is 23.6. The van der Waals surface area contributed by atoms with Crippen LogP contribution in [0.5, 0.6) is 0 Å². The zero-order chi connectivity index (χ0) is 23.6. The Bertz CT molecular complexity index is 731. The van der Waals surface area contributed by atoms with Crippen LogP contribution in [0.1, 0.15) is 60.3 Å². The topological polar surface area (TPSA) is 64.0 Å². The van der Waals surface area contributed by atoms with Crippen molar-refractivity contribution in [2.45, 2.75) is 71.9 Å². The predicted octanol–water partition coefficient (Wildman–Crippen LogP) is 4.09. The molecular weight excluding hydrogens is 396 g/mol. The Morgan fingerprint density at radius 3 is 2.75 bits per heavy atom. The summed E-state index contributed by atoms with van der Waals surface area (Å²) in [6.07, 6.45) is 15.3. The second-order valence-electron chi connectivity index (χ2n) is 9.78. The minimum Gasteiger partial charge on any atom is -0.375 e. The van der Waals surface area contributed by atoms with Crippen molar-refractivity contribution >= 4 is 12.2 Å². The molecule has 0 saturated carbocycles. The van der Waals surface area contributed by atoms with Crippen LogP contribution < -0.4 is 16.0 Å². The summed E-state index contributed by atoms with van der Waals surface area (Å²) >= 11 is 0. The molecule has 180 valence electrons. The van der Waals surface area contributed by atoms with Crippen LogP contribution in [-0.4, -0.2) is 62.4 Å². The van der Waals surface area contributed by atoms with Crippen LogP contribution in [0.2, 0.25) is 0 Å². The molecule has 0 spiro atoms. The maximum Gasteiger partial charge on any atom is 0.223 e. The summed E-state index contributed by atoms with van der Waals surface area (Å²) in [6, 6.07) is 0.177. The number of rotatable bonds is 12. The second-order valence-corrected chi connectivity index (χ2v) is 9.78. The van der Waals surface area contributed by atoms with Gasteiger partial charge in [-0.1, -0.05) is 32.1 Å². The lowest BCUT2D eigenvalue weighted by Gasteiger charge is -2.30. The van der Waals surface area contributed by atoms with Crippen molar-refractivity contribution < 1.29 is 0 Å². The average molecular weight is 443 g/mol. The zero-order valence-electron chi connectivity index (χ0n) is 21.4. The molecule has 1 aliphatic carbocycles. The van der Waals surface area contributed by atoms with Crippen LogP contribution in [-0.2, 0) is 0 Å². The van der Waals surface area contributed by atoms with Gasteiger partial charge in [0.25, 0.3) is 0 Å². The van der Waals surface area contributed by atoms with E-state index in [1.54, 1.807) is 0 Å². The molecule has 32 heavy (non-hydrogen) atoms. The Labute approximate surface area is 196 Å². The molecule has 2 rings (SSSR count). The van der Waals surface area contributed by atoms with E-state index in [9.17, 15) is 0 Å². The number of aliphatic imine (C=N–C) groups is 2. The largest absolute Gasteiger partial charge is 0.375 e. The van der Waals surface area contributed by atoms with Crippen molar-refractivity contribution in [3.63, 3.8) is 0 Å². The van der Waals surface area contributed by atoms with Crippen molar-refractivity contribution in [2.75, 3.05) is 33.7 Å². The van der Waals surface area contributed by atoms with Crippen LogP contribution in [0, 0.1) is 11.8 Å². The van der Waals surface area contributed by atoms with Gasteiger partial charge < -0.3 is 20.9 Å². The molecule has 2 aliphatic rings. The van der Waals surface area contributed by atoms with Crippen molar-refractivity contribution in [1.29, 1.82) is 0 Å². The Hall–Kier alpha value is -1.92. The van der Waals surface area contributed by atoms with E-state index >= 15 is 0 Å². The summed E-state index contributed by atoms with van der Waals surface area (Å²) in [6.45, 7) is 14.8. The smallest absolute Gasteiger partial charge is 0.223 e. The van der Waals surface area contributed by atoms with E-state index in [1.807, 2.05) is 13.3 Å². The molecule has 6 heteroatoms. The lowest BCUT2D eigenvalue weighted by atomic mass is 9.83. The zero-order valence-corrected chi connectivity index (χ0v) is 21.4. The number of guanidine groups is 1. The highest BCUT2D eigenvalue weighted by Gasteiger charge is 2.20. The lowest BCUT2D eigenvalue weighted by Crippen LogP contribution is -2.40. The first kappa shape index (κ1) is 26.3. The van der Waals surface area contributed by atoms with Gasteiger partial charge in [-0.05, 0) is 90.2 Å². The maximum atomic E-state index is 4.79. The molecule has 1 aliphatic heterocycles. The van der Waals surface area contributed by atoms with Gasteiger partial charge in [0.1, 0.15) is 5.82 Å². The first-order valence-electron chi connectivity index (χ1n) is 12.3. The molecule has 0 radical (unpaired) electrons. The maximum absolute atomic E-state index is 4.79. The Morgan fingerprint density at radius 2 is 2.09 bits per heavy atom. The van der Waals surface area contributed by atoms with Gasteiger partial charge in [0, 0.05) is 25.2 Å². The lowest BCUT2D eigenvalue weighted by molar-refractivity contribution is 0.231. The first-order chi connectivity index (χ1) is 15.3. The van der Waals surface area contributed by atoms with Crippen molar-refractivity contribution in [2.24, 2.45) is 21.8 Å². The third-order valence-corrected chi connectivity index (χ3v) is 6.70. The molecule has 1 unspecified atom stereocenters. The summed E-state index contributed by atoms with van der Waals surface area (Å²) < 4.78 is 0. The molecule has 0 bridgehead atoms. The molecular formula is C26H46N6. The first-order valence-corrected chi connectivity index (χ1v) is 12.3. The van der Waals surface area contributed by atoms with Gasteiger partial charge >= 0.3 is 0 Å². The Kier molecular flexibility index (Phi) is 10.7. The predicted molar refractivity (Wildman–Crippen MR) is 139 cm³/mol. The number of hydrogen-bond donors (Lipinski definition) is 3. The quantitative estimate of drug-likeness (QED) is 0.426. The molecule has 3 atom stereocenters. The van der Waals surface area contributed by atoms with E-state index in [1.165, 1.54) is 18.4 Å². The van der Waals surface area contributed by atoms with Crippen molar-refractivity contribution in [1.82, 2.24) is 20.9 Å². The third-order valence-electron chi connectivity index (χ3n) is 6.70. The van der Waals surface area contributed by atoms with Gasteiger partial charge in [-0.3, -0.25) is 0 Å². The van der Waals surface area contributed by atoms with Crippen LogP contribution in [0.15, 0.2) is 45.7 Å². The average Bonchev–Trinajstić information content (AvgIpc) is 3.00. The van der Waals surface area contributed by atoms with Gasteiger partial charge in [-0.15, -0.1) is 0 Å². The van der Waals surface area contributed by atoms with Crippen LogP contribution >= 0.6 is 0 Å². The Balaban J connectivity index is 1.84. The summed E-state index contributed by atoms with van der Waals surface area (Å²) in [5.74, 6) is 2.82. The van der Waals surface area contributed by atoms with E-state index in [2.05, 4.69) is 91.8 Å². The van der Waals surface area contributed by atoms with E-state index in [0.717, 1.165) is 38.3 Å². The fourth-order valence-corrected chi connectivity index (χ4v) is 4.10. The van der Waals surface area contributed by atoms with Crippen molar-refractivity contribution in [3.8, 4) is 0 Å². The number of allylic oxidation sites excluding steroid dienone is 4. The minimum atomic E-state index is 0.177. The fourth-order valence-electron chi connectivity index (χ4n) is 4.10. The molecule has 1 heterocycles. The van der Waals surface area contributed by atoms with Gasteiger partial charge in [0.15, 0.2) is 0 Å². The molecule has 0 aromatic carbocycles. The third kappa shape index (κ3) is 8.91. The summed E-state index contributed by atoms with van der Waals surface area (Å²) in [7, 11) is 3.96. The van der Waals surface area contributed by atoms with Crippen LogP contribution in [0.4, 0.5) is 0 Å². The SMILES string of the molecule is CCN(CC[C@H]1C=CC(CC(C)N=C2N=CCC=C(NC)N2)=C[C@H]1C)CCC(C)(C)NC. The number of nitrogens with one attached hydrogen (secondary N) is 3. The molecule has 0 amide bonds. The molecule has 6 nitrogen and oxygen atoms in total. The fraction of sp³-hybridized carbons (Fsp3) is 0.692. The summed E-state index contributed by atoms with van der Waals surface area (Å²) in [5.41, 5.74) is 1.58. The van der Waals surface area contributed by atoms with Gasteiger partial charge in [0.2, 0.25) is 5.96 Å². The molecule has 3 N–H and O–H groups in total. The van der Waals surface area contributed by atoms with E-state index < -0.39 is 0 Å². The molecule has 0 fully saturated rings. The highest BCUT2D eigenvalue weighted by molar-refractivity contribution is 5.90. The number of hydrogen-bond acceptors (Lipinski definition) is 4. The Morgan fingerprint density at radius 1 is 1.31 bits per heavy atom. The van der Waals surface area contributed by atoms with Gasteiger partial charge in [-0.2, -0.15) is 0 Å². The molecule has 0 aromatic rings. The van der Waals surface area contributed by atoms with E-state index in [0.29, 0.717) is 17.8 Å². The highest BCUT2D eigenvalue weighted by Crippen LogP contribution is 2.28.